The van der Waals surface area contributed by atoms with E-state index in [0.29, 0.717) is 40.3 Å². The van der Waals surface area contributed by atoms with Crippen molar-refractivity contribution in [2.45, 2.75) is 49.8 Å². The van der Waals surface area contributed by atoms with Crippen LogP contribution in [-0.2, 0) is 20.8 Å². The minimum Gasteiger partial charge on any atom is -0.441 e. The molecule has 13 heteroatoms. The van der Waals surface area contributed by atoms with E-state index in [0.717, 1.165) is 19.3 Å². The van der Waals surface area contributed by atoms with Crippen LogP contribution in [0.4, 0.5) is 21.0 Å². The molecule has 3 N–H and O–H groups in total. The van der Waals surface area contributed by atoms with Gasteiger partial charge in [0.15, 0.2) is 23.7 Å². The van der Waals surface area contributed by atoms with E-state index < -0.39 is 24.5 Å². The van der Waals surface area contributed by atoms with Crippen molar-refractivity contribution in [3.63, 3.8) is 0 Å². The molecule has 0 radical (unpaired) electrons. The van der Waals surface area contributed by atoms with E-state index >= 15 is 4.39 Å². The summed E-state index contributed by atoms with van der Waals surface area (Å²) in [6, 6.07) is 3.66. The highest BCUT2D eigenvalue weighted by Gasteiger charge is 2.58. The third-order valence-corrected chi connectivity index (χ3v) is 6.85. The van der Waals surface area contributed by atoms with Gasteiger partial charge in [0.1, 0.15) is 17.7 Å². The van der Waals surface area contributed by atoms with Gasteiger partial charge < -0.3 is 24.8 Å². The van der Waals surface area contributed by atoms with Crippen LogP contribution < -0.4 is 10.6 Å². The lowest BCUT2D eigenvalue weighted by molar-refractivity contribution is -0.0528. The molecule has 2 bridgehead atoms. The third kappa shape index (κ3) is 3.75. The van der Waals surface area contributed by atoms with Gasteiger partial charge in [0, 0.05) is 24.9 Å². The number of fused-ring (bicyclic) bond motifs is 1. The molecule has 4 fully saturated rings. The van der Waals surface area contributed by atoms with Crippen LogP contribution in [0.1, 0.15) is 42.3 Å². The minimum atomic E-state index is -1.55. The molecular formula is C22H23FN8O4. The highest BCUT2D eigenvalue weighted by atomic mass is 19.1. The Morgan fingerprint density at radius 3 is 3.00 bits per heavy atom. The Labute approximate surface area is 198 Å². The number of carbonyl (C=O) groups is 1. The highest BCUT2D eigenvalue weighted by Crippen LogP contribution is 2.57. The van der Waals surface area contributed by atoms with Gasteiger partial charge in [0.2, 0.25) is 5.95 Å². The second-order valence-electron chi connectivity index (χ2n) is 9.33. The van der Waals surface area contributed by atoms with Crippen LogP contribution in [0.2, 0.25) is 0 Å². The molecule has 3 aromatic heterocycles. The van der Waals surface area contributed by atoms with E-state index in [1.165, 1.54) is 6.20 Å². The Kier molecular flexibility index (Phi) is 5.08. The number of nitriles is 1. The standard InChI is InChI=1S/C22H23FN8O4/c1-33-9-13-8-31-19(26-13)12(6-24)7-25-20(31)27-16-2-14(29-30-16)18-17(23)15(10-34-18)35-21(32)28-22-3-11(4-22)5-22/h2,7-8,11,15,17-18H,3-5,9-10H2,1H3,(H,28,32)(H2,25,27,29,30)/t11?,15-,17+,18-,22?/m0/s1. The summed E-state index contributed by atoms with van der Waals surface area (Å²) in [6.07, 6.45) is 1.93. The largest absolute Gasteiger partial charge is 0.441 e. The average molecular weight is 482 g/mol. The van der Waals surface area contributed by atoms with Gasteiger partial charge in [-0.2, -0.15) is 10.4 Å². The van der Waals surface area contributed by atoms with Gasteiger partial charge in [0.25, 0.3) is 0 Å². The maximum atomic E-state index is 15.1. The number of anilines is 2. The number of aromatic nitrogens is 5. The number of alkyl halides is 1. The number of halogens is 1. The first-order valence-electron chi connectivity index (χ1n) is 11.3. The molecule has 1 amide bonds. The molecule has 0 unspecified atom stereocenters. The van der Waals surface area contributed by atoms with Gasteiger partial charge in [-0.25, -0.2) is 19.2 Å². The van der Waals surface area contributed by atoms with Crippen LogP contribution in [-0.4, -0.2) is 62.2 Å². The summed E-state index contributed by atoms with van der Waals surface area (Å²) in [7, 11) is 1.56. The molecule has 182 valence electrons. The number of nitrogens with zero attached hydrogens (tertiary/aromatic N) is 5. The molecule has 0 spiro atoms. The Balaban J connectivity index is 1.13. The number of rotatable bonds is 7. The van der Waals surface area contributed by atoms with Crippen LogP contribution in [0.25, 0.3) is 5.65 Å². The molecule has 3 saturated carbocycles. The fourth-order valence-electron chi connectivity index (χ4n) is 5.03. The summed E-state index contributed by atoms with van der Waals surface area (Å²) in [4.78, 5) is 20.9. The number of hydrogen-bond acceptors (Lipinski definition) is 9. The molecule has 3 aromatic rings. The normalized spacial score (nSPS) is 28.7. The van der Waals surface area contributed by atoms with Crippen LogP contribution in [0.5, 0.6) is 0 Å². The molecule has 4 heterocycles. The number of methoxy groups -OCH3 is 1. The monoisotopic (exact) mass is 482 g/mol. The van der Waals surface area contributed by atoms with Crippen molar-refractivity contribution in [2.75, 3.05) is 19.0 Å². The van der Waals surface area contributed by atoms with Crippen molar-refractivity contribution in [1.29, 1.82) is 5.26 Å². The number of H-pyrrole nitrogens is 1. The predicted octanol–water partition coefficient (Wildman–Crippen LogP) is 2.27. The highest BCUT2D eigenvalue weighted by molar-refractivity contribution is 5.69. The zero-order valence-corrected chi connectivity index (χ0v) is 18.8. The Bertz CT molecular complexity index is 1320. The van der Waals surface area contributed by atoms with Crippen LogP contribution in [0.3, 0.4) is 0 Å². The number of ether oxygens (including phenoxy) is 3. The summed E-state index contributed by atoms with van der Waals surface area (Å²) >= 11 is 0. The number of nitrogens with one attached hydrogen (secondary N) is 3. The van der Waals surface area contributed by atoms with Crippen LogP contribution in [0.15, 0.2) is 18.5 Å². The fraction of sp³-hybridized carbons (Fsp3) is 0.500. The molecule has 35 heavy (non-hydrogen) atoms. The lowest BCUT2D eigenvalue weighted by atomic mass is 9.50. The van der Waals surface area contributed by atoms with Crippen molar-refractivity contribution < 1.29 is 23.4 Å². The van der Waals surface area contributed by atoms with Gasteiger partial charge in [-0.05, 0) is 25.2 Å². The summed E-state index contributed by atoms with van der Waals surface area (Å²) in [5, 5.41) is 22.2. The van der Waals surface area contributed by atoms with Crippen molar-refractivity contribution in [1.82, 2.24) is 29.9 Å². The Hall–Kier alpha value is -3.76. The van der Waals surface area contributed by atoms with E-state index in [1.54, 1.807) is 23.8 Å². The first-order valence-corrected chi connectivity index (χ1v) is 11.3. The van der Waals surface area contributed by atoms with Crippen molar-refractivity contribution in [3.8, 4) is 6.07 Å². The van der Waals surface area contributed by atoms with E-state index in [9.17, 15) is 10.1 Å². The Morgan fingerprint density at radius 1 is 1.46 bits per heavy atom. The van der Waals surface area contributed by atoms with Gasteiger partial charge in [-0.15, -0.1) is 0 Å². The lowest BCUT2D eigenvalue weighted by Crippen LogP contribution is -2.68. The summed E-state index contributed by atoms with van der Waals surface area (Å²) in [5.74, 6) is 1.44. The number of carbonyl (C=O) groups excluding carboxylic acids is 1. The second-order valence-corrected chi connectivity index (χ2v) is 9.33. The van der Waals surface area contributed by atoms with Crippen molar-refractivity contribution in [2.24, 2.45) is 5.92 Å². The molecule has 4 aliphatic rings. The molecule has 3 aliphatic carbocycles. The van der Waals surface area contributed by atoms with Crippen LogP contribution in [0, 0.1) is 17.2 Å². The molecule has 0 aromatic carbocycles. The maximum Gasteiger partial charge on any atom is 0.408 e. The number of alkyl carbamates (subject to hydrolysis) is 1. The number of hydrogen-bond donors (Lipinski definition) is 3. The summed E-state index contributed by atoms with van der Waals surface area (Å²) in [6.45, 7) is 0.226. The molecular weight excluding hydrogens is 459 g/mol. The van der Waals surface area contributed by atoms with Gasteiger partial charge >= 0.3 is 6.09 Å². The topological polar surface area (TPSA) is 151 Å². The predicted molar refractivity (Wildman–Crippen MR) is 117 cm³/mol. The fourth-order valence-corrected chi connectivity index (χ4v) is 5.03. The van der Waals surface area contributed by atoms with Gasteiger partial charge in [-0.3, -0.25) is 9.50 Å². The molecule has 1 saturated heterocycles. The first kappa shape index (κ1) is 21.8. The second kappa shape index (κ2) is 8.17. The maximum absolute atomic E-state index is 15.1. The lowest BCUT2D eigenvalue weighted by Gasteiger charge is -2.61. The zero-order valence-electron chi connectivity index (χ0n) is 18.8. The van der Waals surface area contributed by atoms with E-state index in [-0.39, 0.29) is 18.8 Å². The zero-order chi connectivity index (χ0) is 24.2. The third-order valence-electron chi connectivity index (χ3n) is 6.85. The quantitative estimate of drug-likeness (QED) is 0.460. The van der Waals surface area contributed by atoms with Crippen molar-refractivity contribution >= 4 is 23.5 Å². The summed E-state index contributed by atoms with van der Waals surface area (Å²) < 4.78 is 32.7. The van der Waals surface area contributed by atoms with Gasteiger partial charge in [-0.1, -0.05) is 0 Å². The average Bonchev–Trinajstić information content (AvgIpc) is 3.50. The van der Waals surface area contributed by atoms with Crippen molar-refractivity contribution in [3.05, 3.63) is 35.4 Å². The SMILES string of the molecule is COCc1cn2c(Nc3cc([C@@H]4OC[C@H](OC(=O)NC56CC(C5)C6)[C@H]4F)[nH]n3)ncc(C#N)c2n1. The Morgan fingerprint density at radius 2 is 2.29 bits per heavy atom. The van der Waals surface area contributed by atoms with E-state index in [4.69, 9.17) is 14.2 Å². The molecule has 3 atom stereocenters. The van der Waals surface area contributed by atoms with Gasteiger partial charge in [0.05, 0.1) is 30.8 Å². The van der Waals surface area contributed by atoms with Crippen LogP contribution >= 0.6 is 0 Å². The molecule has 7 rings (SSSR count). The van der Waals surface area contributed by atoms with E-state index in [1.807, 2.05) is 0 Å². The van der Waals surface area contributed by atoms with E-state index in [2.05, 4.69) is 36.9 Å². The first-order chi connectivity index (χ1) is 17.0. The number of aromatic amines is 1. The number of amides is 1. The number of imidazole rings is 1. The minimum absolute atomic E-state index is 0.0498. The summed E-state index contributed by atoms with van der Waals surface area (Å²) in [5.41, 5.74) is 1.62. The smallest absolute Gasteiger partial charge is 0.408 e. The molecule has 12 nitrogen and oxygen atoms in total. The molecule has 1 aliphatic heterocycles.